The van der Waals surface area contributed by atoms with Crippen LogP contribution in [0.15, 0.2) is 72.8 Å². The van der Waals surface area contributed by atoms with Crippen LogP contribution in [0.5, 0.6) is 5.75 Å². The summed E-state index contributed by atoms with van der Waals surface area (Å²) in [6.45, 7) is 2.01. The zero-order valence-corrected chi connectivity index (χ0v) is 18.3. The molecule has 2 aliphatic rings. The summed E-state index contributed by atoms with van der Waals surface area (Å²) >= 11 is 5.92. The molecule has 0 radical (unpaired) electrons. The molecule has 6 rings (SSSR count). The van der Waals surface area contributed by atoms with E-state index in [-0.39, 0.29) is 17.7 Å². The van der Waals surface area contributed by atoms with E-state index in [9.17, 15) is 9.90 Å². The Balaban J connectivity index is 1.56. The molecule has 2 N–H and O–H groups in total. The predicted octanol–water partition coefficient (Wildman–Crippen LogP) is 4.83. The van der Waals surface area contributed by atoms with Gasteiger partial charge in [-0.3, -0.25) is 9.69 Å². The molecule has 1 saturated heterocycles. The van der Waals surface area contributed by atoms with Gasteiger partial charge >= 0.3 is 0 Å². The summed E-state index contributed by atoms with van der Waals surface area (Å²) in [4.78, 5) is 21.0. The number of hydrogen-bond acceptors (Lipinski definition) is 3. The highest BCUT2D eigenvalue weighted by molar-refractivity contribution is 7.80. The van der Waals surface area contributed by atoms with Gasteiger partial charge < -0.3 is 15.0 Å². The number of aryl methyl sites for hydroxylation is 1. The van der Waals surface area contributed by atoms with Gasteiger partial charge in [0.25, 0.3) is 5.91 Å². The van der Waals surface area contributed by atoms with Crippen molar-refractivity contribution in [1.29, 1.82) is 0 Å². The van der Waals surface area contributed by atoms with Crippen molar-refractivity contribution in [3.63, 3.8) is 0 Å². The van der Waals surface area contributed by atoms with Crippen LogP contribution in [0, 0.1) is 6.92 Å². The maximum Gasteiger partial charge on any atom is 0.256 e. The van der Waals surface area contributed by atoms with Crippen LogP contribution in [0.2, 0.25) is 0 Å². The minimum atomic E-state index is -0.401. The molecule has 0 bridgehead atoms. The van der Waals surface area contributed by atoms with Crippen LogP contribution >= 0.6 is 12.2 Å². The SMILES string of the molecule is Cc1cccc(N2C(=O)C3Cc4c([nH]c5ccccc45)C(c4cccc(O)c4)N3C2=S)c1. The fraction of sp³-hybridized carbons (Fsp3) is 0.154. The molecule has 1 fully saturated rings. The highest BCUT2D eigenvalue weighted by Crippen LogP contribution is 2.45. The minimum Gasteiger partial charge on any atom is -0.508 e. The van der Waals surface area contributed by atoms with Gasteiger partial charge in [-0.05, 0) is 66.2 Å². The molecule has 6 heteroatoms. The Morgan fingerprint density at radius 3 is 2.66 bits per heavy atom. The number of fused-ring (bicyclic) bond motifs is 4. The normalized spacial score (nSPS) is 20.0. The number of benzene rings is 3. The first-order chi connectivity index (χ1) is 15.5. The fourth-order valence-corrected chi connectivity index (χ4v) is 5.55. The number of H-pyrrole nitrogens is 1. The molecule has 2 unspecified atom stereocenters. The molecule has 158 valence electrons. The molecule has 0 spiro atoms. The van der Waals surface area contributed by atoms with E-state index in [0.29, 0.717) is 11.5 Å². The molecule has 5 nitrogen and oxygen atoms in total. The Labute approximate surface area is 190 Å². The number of rotatable bonds is 2. The van der Waals surface area contributed by atoms with Gasteiger partial charge in [0, 0.05) is 23.0 Å². The van der Waals surface area contributed by atoms with Crippen molar-refractivity contribution in [2.24, 2.45) is 0 Å². The van der Waals surface area contributed by atoms with E-state index < -0.39 is 6.04 Å². The number of para-hydroxylation sites is 1. The lowest BCUT2D eigenvalue weighted by Crippen LogP contribution is -2.44. The maximum atomic E-state index is 13.7. The Bertz CT molecular complexity index is 1410. The summed E-state index contributed by atoms with van der Waals surface area (Å²) in [5.41, 5.74) is 5.95. The van der Waals surface area contributed by atoms with Crippen molar-refractivity contribution in [3.05, 3.63) is 95.2 Å². The molecule has 0 saturated carbocycles. The van der Waals surface area contributed by atoms with E-state index >= 15 is 0 Å². The Hall–Kier alpha value is -3.64. The van der Waals surface area contributed by atoms with Crippen LogP contribution in [-0.2, 0) is 11.2 Å². The van der Waals surface area contributed by atoms with E-state index in [1.165, 1.54) is 0 Å². The Morgan fingerprint density at radius 1 is 1.03 bits per heavy atom. The van der Waals surface area contributed by atoms with Crippen LogP contribution in [0.3, 0.4) is 0 Å². The van der Waals surface area contributed by atoms with Gasteiger partial charge in [0.1, 0.15) is 11.8 Å². The van der Waals surface area contributed by atoms with Gasteiger partial charge in [0.2, 0.25) is 0 Å². The number of thiocarbonyl (C=S) groups is 1. The van der Waals surface area contributed by atoms with Crippen molar-refractivity contribution < 1.29 is 9.90 Å². The molecule has 4 aromatic rings. The van der Waals surface area contributed by atoms with Crippen molar-refractivity contribution in [2.75, 3.05) is 4.90 Å². The highest BCUT2D eigenvalue weighted by atomic mass is 32.1. The van der Waals surface area contributed by atoms with Crippen LogP contribution < -0.4 is 4.90 Å². The molecular weight excluding hydrogens is 418 g/mol. The van der Waals surface area contributed by atoms with Crippen molar-refractivity contribution in [2.45, 2.75) is 25.4 Å². The second-order valence-corrected chi connectivity index (χ2v) is 8.85. The summed E-state index contributed by atoms with van der Waals surface area (Å²) in [5, 5.41) is 11.8. The number of anilines is 1. The summed E-state index contributed by atoms with van der Waals surface area (Å²) in [6, 6.07) is 22.6. The first-order valence-corrected chi connectivity index (χ1v) is 11.0. The average molecular weight is 440 g/mol. The fourth-order valence-electron chi connectivity index (χ4n) is 5.12. The number of hydrogen-bond donors (Lipinski definition) is 2. The zero-order chi connectivity index (χ0) is 22.0. The van der Waals surface area contributed by atoms with Crippen molar-refractivity contribution in [1.82, 2.24) is 9.88 Å². The van der Waals surface area contributed by atoms with Gasteiger partial charge in [-0.1, -0.05) is 42.5 Å². The number of carbonyl (C=O) groups excluding carboxylic acids is 1. The third-order valence-electron chi connectivity index (χ3n) is 6.49. The predicted molar refractivity (Wildman–Crippen MR) is 129 cm³/mol. The number of carbonyl (C=O) groups is 1. The summed E-state index contributed by atoms with van der Waals surface area (Å²) < 4.78 is 0. The molecule has 2 atom stereocenters. The lowest BCUT2D eigenvalue weighted by molar-refractivity contribution is -0.120. The lowest BCUT2D eigenvalue weighted by atomic mass is 9.89. The maximum absolute atomic E-state index is 13.7. The molecule has 1 amide bonds. The van der Waals surface area contributed by atoms with E-state index in [0.717, 1.165) is 39.0 Å². The molecule has 3 aromatic carbocycles. The van der Waals surface area contributed by atoms with Crippen LogP contribution in [0.1, 0.15) is 28.4 Å². The summed E-state index contributed by atoms with van der Waals surface area (Å²) in [5.74, 6) is 0.177. The quantitative estimate of drug-likeness (QED) is 0.439. The largest absolute Gasteiger partial charge is 0.508 e. The molecule has 2 aliphatic heterocycles. The molecule has 3 heterocycles. The monoisotopic (exact) mass is 439 g/mol. The number of nitrogens with one attached hydrogen (secondary N) is 1. The second kappa shape index (κ2) is 6.93. The standard InChI is InChI=1S/C26H21N3O2S/c1-15-6-4-8-17(12-15)28-25(31)22-14-20-19-10-2-3-11-21(19)27-23(20)24(29(22)26(28)32)16-7-5-9-18(30)13-16/h2-13,22,24,27,30H,14H2,1H3. The first-order valence-electron chi connectivity index (χ1n) is 10.6. The molecule has 1 aromatic heterocycles. The lowest BCUT2D eigenvalue weighted by Gasteiger charge is -2.37. The van der Waals surface area contributed by atoms with Gasteiger partial charge in [-0.25, -0.2) is 0 Å². The topological polar surface area (TPSA) is 59.6 Å². The number of aromatic nitrogens is 1. The number of amides is 1. The number of phenols is 1. The van der Waals surface area contributed by atoms with E-state index in [4.69, 9.17) is 12.2 Å². The van der Waals surface area contributed by atoms with Crippen LogP contribution in [0.4, 0.5) is 5.69 Å². The number of nitrogens with zero attached hydrogens (tertiary/aromatic N) is 2. The summed E-state index contributed by atoms with van der Waals surface area (Å²) in [7, 11) is 0. The van der Waals surface area contributed by atoms with E-state index in [1.807, 2.05) is 60.4 Å². The van der Waals surface area contributed by atoms with Gasteiger partial charge in [0.05, 0.1) is 11.7 Å². The van der Waals surface area contributed by atoms with E-state index in [1.54, 1.807) is 17.0 Å². The third-order valence-corrected chi connectivity index (χ3v) is 6.89. The van der Waals surface area contributed by atoms with Crippen LogP contribution in [0.25, 0.3) is 10.9 Å². The van der Waals surface area contributed by atoms with Gasteiger partial charge in [-0.2, -0.15) is 0 Å². The smallest absolute Gasteiger partial charge is 0.256 e. The van der Waals surface area contributed by atoms with Crippen LogP contribution in [-0.4, -0.2) is 32.1 Å². The van der Waals surface area contributed by atoms with Crippen molar-refractivity contribution >= 4 is 39.8 Å². The molecule has 0 aliphatic carbocycles. The number of aromatic hydroxyl groups is 1. The third kappa shape index (κ3) is 2.69. The number of aromatic amines is 1. The average Bonchev–Trinajstić information content (AvgIpc) is 3.27. The zero-order valence-electron chi connectivity index (χ0n) is 17.4. The minimum absolute atomic E-state index is 0.0123. The van der Waals surface area contributed by atoms with Crippen molar-refractivity contribution in [3.8, 4) is 5.75 Å². The van der Waals surface area contributed by atoms with E-state index in [2.05, 4.69) is 17.1 Å². The summed E-state index contributed by atoms with van der Waals surface area (Å²) in [6.07, 6.45) is 0.579. The van der Waals surface area contributed by atoms with Gasteiger partial charge in [0.15, 0.2) is 5.11 Å². The Kier molecular flexibility index (Phi) is 4.13. The van der Waals surface area contributed by atoms with Gasteiger partial charge in [-0.15, -0.1) is 0 Å². The highest BCUT2D eigenvalue weighted by Gasteiger charge is 2.51. The number of phenolic OH excluding ortho intramolecular Hbond substituents is 1. The molecular formula is C26H21N3O2S. The first kappa shape index (κ1) is 19.1. The second-order valence-electron chi connectivity index (χ2n) is 8.48. The molecule has 32 heavy (non-hydrogen) atoms. The Morgan fingerprint density at radius 2 is 1.84 bits per heavy atom.